The van der Waals surface area contributed by atoms with E-state index < -0.39 is 0 Å². The third kappa shape index (κ3) is 3.90. The summed E-state index contributed by atoms with van der Waals surface area (Å²) >= 11 is 0. The van der Waals surface area contributed by atoms with Gasteiger partial charge in [0.15, 0.2) is 0 Å². The molecular formula is C17H24O2. The highest BCUT2D eigenvalue weighted by atomic mass is 16.3. The zero-order valence-electron chi connectivity index (χ0n) is 11.8. The SMILES string of the molecule is CCCCC[C@@H](O)c1ccc([C@@H]2CCC(=O)C2)cc1. The fourth-order valence-electron chi connectivity index (χ4n) is 2.84. The van der Waals surface area contributed by atoms with E-state index >= 15 is 0 Å². The second kappa shape index (κ2) is 6.85. The minimum absolute atomic E-state index is 0.342. The third-order valence-electron chi connectivity index (χ3n) is 4.12. The molecule has 1 saturated carbocycles. The van der Waals surface area contributed by atoms with Gasteiger partial charge in [0.25, 0.3) is 0 Å². The molecule has 0 bridgehead atoms. The Labute approximate surface area is 115 Å². The average Bonchev–Trinajstić information content (AvgIpc) is 2.86. The number of benzene rings is 1. The molecule has 0 amide bonds. The molecule has 1 aliphatic rings. The van der Waals surface area contributed by atoms with Gasteiger partial charge >= 0.3 is 0 Å². The maximum atomic E-state index is 11.3. The van der Waals surface area contributed by atoms with Crippen LogP contribution in [0.15, 0.2) is 24.3 Å². The van der Waals surface area contributed by atoms with Crippen molar-refractivity contribution in [2.45, 2.75) is 63.9 Å². The van der Waals surface area contributed by atoms with Crippen LogP contribution in [0.2, 0.25) is 0 Å². The van der Waals surface area contributed by atoms with Gasteiger partial charge in [0, 0.05) is 12.8 Å². The number of carbonyl (C=O) groups excluding carboxylic acids is 1. The average molecular weight is 260 g/mol. The van der Waals surface area contributed by atoms with Gasteiger partial charge in [-0.05, 0) is 29.9 Å². The molecule has 1 fully saturated rings. The molecule has 1 aromatic rings. The first-order valence-corrected chi connectivity index (χ1v) is 7.50. The summed E-state index contributed by atoms with van der Waals surface area (Å²) in [7, 11) is 0. The zero-order valence-corrected chi connectivity index (χ0v) is 11.8. The van der Waals surface area contributed by atoms with Crippen LogP contribution in [0.1, 0.15) is 75.0 Å². The lowest BCUT2D eigenvalue weighted by atomic mass is 9.95. The standard InChI is InChI=1S/C17H24O2/c1-2-3-4-5-17(19)14-8-6-13(7-9-14)15-10-11-16(18)12-15/h6-9,15,17,19H,2-5,10-12H2,1H3/t15-,17-/m1/s1. The van der Waals surface area contributed by atoms with Crippen LogP contribution in [0.3, 0.4) is 0 Å². The predicted octanol–water partition coefficient (Wildman–Crippen LogP) is 4.14. The molecule has 1 N–H and O–H groups in total. The number of Topliss-reactive ketones (excluding diaryl/α,β-unsaturated/α-hetero) is 1. The monoisotopic (exact) mass is 260 g/mol. The van der Waals surface area contributed by atoms with Gasteiger partial charge < -0.3 is 5.11 Å². The third-order valence-corrected chi connectivity index (χ3v) is 4.12. The number of rotatable bonds is 6. The lowest BCUT2D eigenvalue weighted by molar-refractivity contribution is -0.117. The molecule has 19 heavy (non-hydrogen) atoms. The van der Waals surface area contributed by atoms with E-state index in [9.17, 15) is 9.90 Å². The van der Waals surface area contributed by atoms with E-state index in [4.69, 9.17) is 0 Å². The largest absolute Gasteiger partial charge is 0.388 e. The van der Waals surface area contributed by atoms with Crippen molar-refractivity contribution in [1.29, 1.82) is 0 Å². The Morgan fingerprint density at radius 3 is 2.58 bits per heavy atom. The van der Waals surface area contributed by atoms with E-state index in [1.807, 2.05) is 12.1 Å². The summed E-state index contributed by atoms with van der Waals surface area (Å²) in [5.41, 5.74) is 2.25. The number of ketones is 1. The van der Waals surface area contributed by atoms with Crippen LogP contribution in [-0.2, 0) is 4.79 Å². The van der Waals surface area contributed by atoms with Gasteiger partial charge in [-0.3, -0.25) is 4.79 Å². The first kappa shape index (κ1) is 14.3. The number of hydrogen-bond acceptors (Lipinski definition) is 2. The van der Waals surface area contributed by atoms with Gasteiger partial charge in [-0.15, -0.1) is 0 Å². The number of hydrogen-bond donors (Lipinski definition) is 1. The van der Waals surface area contributed by atoms with Crippen molar-refractivity contribution in [3.05, 3.63) is 35.4 Å². The maximum absolute atomic E-state index is 11.3. The number of aliphatic hydroxyl groups excluding tert-OH is 1. The topological polar surface area (TPSA) is 37.3 Å². The molecule has 2 atom stereocenters. The summed E-state index contributed by atoms with van der Waals surface area (Å²) in [5, 5.41) is 10.1. The van der Waals surface area contributed by atoms with Gasteiger partial charge in [0.1, 0.15) is 5.78 Å². The van der Waals surface area contributed by atoms with Crippen molar-refractivity contribution in [1.82, 2.24) is 0 Å². The number of unbranched alkanes of at least 4 members (excludes halogenated alkanes) is 2. The Bertz CT molecular complexity index is 408. The quantitative estimate of drug-likeness (QED) is 0.781. The van der Waals surface area contributed by atoms with E-state index in [2.05, 4.69) is 19.1 Å². The van der Waals surface area contributed by atoms with Crippen molar-refractivity contribution in [2.75, 3.05) is 0 Å². The van der Waals surface area contributed by atoms with Crippen LogP contribution in [0.25, 0.3) is 0 Å². The van der Waals surface area contributed by atoms with Crippen LogP contribution in [-0.4, -0.2) is 10.9 Å². The lowest BCUT2D eigenvalue weighted by Gasteiger charge is -2.13. The smallest absolute Gasteiger partial charge is 0.133 e. The van der Waals surface area contributed by atoms with Gasteiger partial charge in [-0.25, -0.2) is 0 Å². The highest BCUT2D eigenvalue weighted by Gasteiger charge is 2.23. The molecule has 1 aliphatic carbocycles. The summed E-state index contributed by atoms with van der Waals surface area (Å²) in [6, 6.07) is 8.22. The van der Waals surface area contributed by atoms with E-state index in [0.29, 0.717) is 18.1 Å². The molecule has 0 heterocycles. The normalized spacial score (nSPS) is 20.7. The van der Waals surface area contributed by atoms with Crippen LogP contribution < -0.4 is 0 Å². The maximum Gasteiger partial charge on any atom is 0.133 e. The van der Waals surface area contributed by atoms with Crippen LogP contribution >= 0.6 is 0 Å². The second-order valence-electron chi connectivity index (χ2n) is 5.66. The Morgan fingerprint density at radius 1 is 1.26 bits per heavy atom. The summed E-state index contributed by atoms with van der Waals surface area (Å²) in [4.78, 5) is 11.3. The van der Waals surface area contributed by atoms with E-state index in [0.717, 1.165) is 31.2 Å². The molecule has 2 nitrogen and oxygen atoms in total. The van der Waals surface area contributed by atoms with Gasteiger partial charge in [0.05, 0.1) is 6.10 Å². The van der Waals surface area contributed by atoms with Gasteiger partial charge in [0.2, 0.25) is 0 Å². The van der Waals surface area contributed by atoms with Gasteiger partial charge in [-0.2, -0.15) is 0 Å². The molecule has 0 spiro atoms. The van der Waals surface area contributed by atoms with Crippen molar-refractivity contribution >= 4 is 5.78 Å². The molecule has 0 aromatic heterocycles. The first-order valence-electron chi connectivity index (χ1n) is 7.50. The molecule has 1 aromatic carbocycles. The molecule has 2 heteroatoms. The van der Waals surface area contributed by atoms with Crippen molar-refractivity contribution in [2.24, 2.45) is 0 Å². The molecule has 0 aliphatic heterocycles. The number of aliphatic hydroxyl groups is 1. The van der Waals surface area contributed by atoms with Crippen LogP contribution in [0.5, 0.6) is 0 Å². The van der Waals surface area contributed by atoms with Crippen molar-refractivity contribution in [3.8, 4) is 0 Å². The predicted molar refractivity (Wildman–Crippen MR) is 77.1 cm³/mol. The lowest BCUT2D eigenvalue weighted by Crippen LogP contribution is -1.99. The molecule has 0 unspecified atom stereocenters. The highest BCUT2D eigenvalue weighted by molar-refractivity contribution is 5.81. The van der Waals surface area contributed by atoms with Crippen molar-refractivity contribution < 1.29 is 9.90 Å². The Morgan fingerprint density at radius 2 is 2.00 bits per heavy atom. The highest BCUT2D eigenvalue weighted by Crippen LogP contribution is 2.32. The second-order valence-corrected chi connectivity index (χ2v) is 5.66. The molecular weight excluding hydrogens is 236 g/mol. The summed E-state index contributed by atoms with van der Waals surface area (Å²) < 4.78 is 0. The Balaban J connectivity index is 1.92. The fourth-order valence-corrected chi connectivity index (χ4v) is 2.84. The first-order chi connectivity index (χ1) is 9.20. The number of carbonyl (C=O) groups is 1. The summed E-state index contributed by atoms with van der Waals surface area (Å²) in [6.45, 7) is 2.17. The Kier molecular flexibility index (Phi) is 5.15. The molecule has 104 valence electrons. The van der Waals surface area contributed by atoms with Crippen LogP contribution in [0.4, 0.5) is 0 Å². The van der Waals surface area contributed by atoms with E-state index in [1.165, 1.54) is 18.4 Å². The minimum Gasteiger partial charge on any atom is -0.388 e. The fraction of sp³-hybridized carbons (Fsp3) is 0.588. The summed E-state index contributed by atoms with van der Waals surface area (Å²) in [5.74, 6) is 0.785. The Hall–Kier alpha value is -1.15. The van der Waals surface area contributed by atoms with Crippen molar-refractivity contribution in [3.63, 3.8) is 0 Å². The molecule has 0 radical (unpaired) electrons. The van der Waals surface area contributed by atoms with E-state index in [-0.39, 0.29) is 6.10 Å². The molecule has 2 rings (SSSR count). The summed E-state index contributed by atoms with van der Waals surface area (Å²) in [6.07, 6.45) is 6.35. The zero-order chi connectivity index (χ0) is 13.7. The van der Waals surface area contributed by atoms with Crippen LogP contribution in [0, 0.1) is 0 Å². The molecule has 0 saturated heterocycles. The van der Waals surface area contributed by atoms with Gasteiger partial charge in [-0.1, -0.05) is 50.5 Å². The van der Waals surface area contributed by atoms with E-state index in [1.54, 1.807) is 0 Å². The minimum atomic E-state index is -0.342.